The van der Waals surface area contributed by atoms with Crippen molar-refractivity contribution < 1.29 is 14.0 Å². The van der Waals surface area contributed by atoms with E-state index in [0.717, 1.165) is 32.4 Å². The maximum atomic E-state index is 13.2. The van der Waals surface area contributed by atoms with Gasteiger partial charge in [0.1, 0.15) is 5.82 Å². The third-order valence-electron chi connectivity index (χ3n) is 4.73. The van der Waals surface area contributed by atoms with Crippen molar-refractivity contribution in [1.82, 2.24) is 5.32 Å². The molecule has 3 N–H and O–H groups in total. The van der Waals surface area contributed by atoms with Gasteiger partial charge in [0.25, 0.3) is 5.91 Å². The van der Waals surface area contributed by atoms with E-state index in [9.17, 15) is 14.0 Å². The first kappa shape index (κ1) is 19.0. The molecule has 0 radical (unpaired) electrons. The van der Waals surface area contributed by atoms with Crippen LogP contribution in [0.2, 0.25) is 0 Å². The SMILES string of the molecule is O=C(CCC1CCNCC1)Nc1cccc(C(=O)Nc2cccc(F)c2)c1. The van der Waals surface area contributed by atoms with Gasteiger partial charge in [-0.2, -0.15) is 0 Å². The van der Waals surface area contributed by atoms with Crippen LogP contribution in [0.5, 0.6) is 0 Å². The normalized spacial score (nSPS) is 14.6. The molecule has 1 aliphatic heterocycles. The summed E-state index contributed by atoms with van der Waals surface area (Å²) in [7, 11) is 0. The number of carbonyl (C=O) groups excluding carboxylic acids is 2. The summed E-state index contributed by atoms with van der Waals surface area (Å²) < 4.78 is 13.2. The van der Waals surface area contributed by atoms with Crippen molar-refractivity contribution >= 4 is 23.2 Å². The lowest BCUT2D eigenvalue weighted by Gasteiger charge is -2.22. The smallest absolute Gasteiger partial charge is 0.255 e. The van der Waals surface area contributed by atoms with Gasteiger partial charge >= 0.3 is 0 Å². The number of amides is 2. The molecule has 0 saturated carbocycles. The van der Waals surface area contributed by atoms with Crippen LogP contribution >= 0.6 is 0 Å². The second-order valence-corrected chi connectivity index (χ2v) is 6.83. The number of rotatable bonds is 6. The molecule has 1 fully saturated rings. The molecule has 0 spiro atoms. The number of benzene rings is 2. The number of nitrogens with one attached hydrogen (secondary N) is 3. The van der Waals surface area contributed by atoms with Crippen molar-refractivity contribution in [3.63, 3.8) is 0 Å². The van der Waals surface area contributed by atoms with E-state index in [1.54, 1.807) is 30.3 Å². The first-order valence-electron chi connectivity index (χ1n) is 9.28. The Balaban J connectivity index is 1.54. The molecule has 2 aromatic rings. The molecule has 5 nitrogen and oxygen atoms in total. The highest BCUT2D eigenvalue weighted by atomic mass is 19.1. The molecule has 2 aromatic carbocycles. The highest BCUT2D eigenvalue weighted by molar-refractivity contribution is 6.05. The van der Waals surface area contributed by atoms with Gasteiger partial charge in [0, 0.05) is 23.4 Å². The third kappa shape index (κ3) is 5.89. The Morgan fingerprint density at radius 2 is 1.70 bits per heavy atom. The van der Waals surface area contributed by atoms with Crippen molar-refractivity contribution in [1.29, 1.82) is 0 Å². The van der Waals surface area contributed by atoms with Gasteiger partial charge in [-0.3, -0.25) is 9.59 Å². The molecule has 1 heterocycles. The van der Waals surface area contributed by atoms with Gasteiger partial charge in [-0.05, 0) is 74.7 Å². The maximum absolute atomic E-state index is 13.2. The van der Waals surface area contributed by atoms with Crippen LogP contribution in [0.1, 0.15) is 36.0 Å². The highest BCUT2D eigenvalue weighted by Gasteiger charge is 2.15. The molecule has 0 aromatic heterocycles. The summed E-state index contributed by atoms with van der Waals surface area (Å²) in [4.78, 5) is 24.5. The van der Waals surface area contributed by atoms with E-state index < -0.39 is 5.82 Å². The molecule has 0 aliphatic carbocycles. The van der Waals surface area contributed by atoms with E-state index in [4.69, 9.17) is 0 Å². The topological polar surface area (TPSA) is 70.2 Å². The van der Waals surface area contributed by atoms with E-state index in [1.165, 1.54) is 18.2 Å². The summed E-state index contributed by atoms with van der Waals surface area (Å²) in [6.45, 7) is 2.05. The van der Waals surface area contributed by atoms with Gasteiger partial charge in [-0.1, -0.05) is 12.1 Å². The Bertz CT molecular complexity index is 804. The summed E-state index contributed by atoms with van der Waals surface area (Å²) in [5.41, 5.74) is 1.36. The predicted octanol–water partition coefficient (Wildman–Crippen LogP) is 3.80. The Morgan fingerprint density at radius 1 is 1.00 bits per heavy atom. The predicted molar refractivity (Wildman–Crippen MR) is 104 cm³/mol. The Kier molecular flexibility index (Phi) is 6.54. The minimum Gasteiger partial charge on any atom is -0.326 e. The van der Waals surface area contributed by atoms with Crippen molar-refractivity contribution in [3.05, 3.63) is 59.9 Å². The largest absolute Gasteiger partial charge is 0.326 e. The molecule has 0 unspecified atom stereocenters. The zero-order valence-electron chi connectivity index (χ0n) is 15.1. The zero-order valence-corrected chi connectivity index (χ0v) is 15.1. The number of halogens is 1. The standard InChI is InChI=1S/C21H24FN3O2/c22-17-4-2-6-19(14-17)25-21(27)16-3-1-5-18(13-16)24-20(26)8-7-15-9-11-23-12-10-15/h1-6,13-15,23H,7-12H2,(H,24,26)(H,25,27). The maximum Gasteiger partial charge on any atom is 0.255 e. The van der Waals surface area contributed by atoms with Crippen molar-refractivity contribution in [2.45, 2.75) is 25.7 Å². The monoisotopic (exact) mass is 369 g/mol. The Morgan fingerprint density at radius 3 is 2.44 bits per heavy atom. The molecular weight excluding hydrogens is 345 g/mol. The molecule has 2 amide bonds. The lowest BCUT2D eigenvalue weighted by Crippen LogP contribution is -2.28. The van der Waals surface area contributed by atoms with Crippen molar-refractivity contribution in [3.8, 4) is 0 Å². The fourth-order valence-corrected chi connectivity index (χ4v) is 3.24. The van der Waals surface area contributed by atoms with E-state index in [-0.39, 0.29) is 11.8 Å². The fourth-order valence-electron chi connectivity index (χ4n) is 3.24. The number of anilines is 2. The third-order valence-corrected chi connectivity index (χ3v) is 4.73. The van der Waals surface area contributed by atoms with Gasteiger partial charge < -0.3 is 16.0 Å². The number of piperidine rings is 1. The minimum absolute atomic E-state index is 0.0452. The summed E-state index contributed by atoms with van der Waals surface area (Å²) in [6, 6.07) is 12.5. The van der Waals surface area contributed by atoms with E-state index in [0.29, 0.717) is 29.3 Å². The van der Waals surface area contributed by atoms with Crippen molar-refractivity contribution in [2.24, 2.45) is 5.92 Å². The Hall–Kier alpha value is -2.73. The van der Waals surface area contributed by atoms with Crippen LogP contribution in [0.4, 0.5) is 15.8 Å². The Labute approximate surface area is 158 Å². The van der Waals surface area contributed by atoms with Crippen LogP contribution in [0.15, 0.2) is 48.5 Å². The summed E-state index contributed by atoms with van der Waals surface area (Å²) in [5, 5.41) is 8.83. The van der Waals surface area contributed by atoms with Gasteiger partial charge in [-0.15, -0.1) is 0 Å². The highest BCUT2D eigenvalue weighted by Crippen LogP contribution is 2.19. The molecule has 6 heteroatoms. The van der Waals surface area contributed by atoms with Crippen LogP contribution in [-0.4, -0.2) is 24.9 Å². The average Bonchev–Trinajstić information content (AvgIpc) is 2.67. The molecule has 27 heavy (non-hydrogen) atoms. The molecule has 1 saturated heterocycles. The minimum atomic E-state index is -0.414. The molecule has 1 aliphatic rings. The molecule has 3 rings (SSSR count). The van der Waals surface area contributed by atoms with Crippen LogP contribution in [0, 0.1) is 11.7 Å². The van der Waals surface area contributed by atoms with Crippen LogP contribution in [0.3, 0.4) is 0 Å². The second kappa shape index (κ2) is 9.28. The molecule has 0 bridgehead atoms. The number of hydrogen-bond donors (Lipinski definition) is 3. The van der Waals surface area contributed by atoms with E-state index >= 15 is 0 Å². The first-order chi connectivity index (χ1) is 13.1. The number of carbonyl (C=O) groups is 2. The lowest BCUT2D eigenvalue weighted by molar-refractivity contribution is -0.116. The quantitative estimate of drug-likeness (QED) is 0.725. The van der Waals surface area contributed by atoms with Crippen molar-refractivity contribution in [2.75, 3.05) is 23.7 Å². The summed E-state index contributed by atoms with van der Waals surface area (Å²) in [6.07, 6.45) is 3.59. The average molecular weight is 369 g/mol. The van der Waals surface area contributed by atoms with Crippen LogP contribution < -0.4 is 16.0 Å². The fraction of sp³-hybridized carbons (Fsp3) is 0.333. The van der Waals surface area contributed by atoms with Gasteiger partial charge in [0.2, 0.25) is 5.91 Å². The molecule has 142 valence electrons. The summed E-state index contributed by atoms with van der Waals surface area (Å²) in [5.74, 6) is -0.217. The summed E-state index contributed by atoms with van der Waals surface area (Å²) >= 11 is 0. The van der Waals surface area contributed by atoms with E-state index in [2.05, 4.69) is 16.0 Å². The lowest BCUT2D eigenvalue weighted by atomic mass is 9.93. The zero-order chi connectivity index (χ0) is 19.1. The molecular formula is C21H24FN3O2. The second-order valence-electron chi connectivity index (χ2n) is 6.83. The van der Waals surface area contributed by atoms with Gasteiger partial charge in [0.05, 0.1) is 0 Å². The van der Waals surface area contributed by atoms with Crippen LogP contribution in [-0.2, 0) is 4.79 Å². The number of hydrogen-bond acceptors (Lipinski definition) is 3. The van der Waals surface area contributed by atoms with Gasteiger partial charge in [0.15, 0.2) is 0 Å². The van der Waals surface area contributed by atoms with Crippen LogP contribution in [0.25, 0.3) is 0 Å². The van der Waals surface area contributed by atoms with Gasteiger partial charge in [-0.25, -0.2) is 4.39 Å². The molecule has 0 atom stereocenters. The van der Waals surface area contributed by atoms with E-state index in [1.807, 2.05) is 0 Å². The first-order valence-corrected chi connectivity index (χ1v) is 9.28.